The summed E-state index contributed by atoms with van der Waals surface area (Å²) in [5.41, 5.74) is -2.12. The Morgan fingerprint density at radius 3 is 2.18 bits per heavy atom. The number of rotatable bonds is 3. The molecule has 1 aliphatic heterocycles. The van der Waals surface area contributed by atoms with E-state index < -0.39 is 23.8 Å². The number of hydrogen-bond donors (Lipinski definition) is 1. The van der Waals surface area contributed by atoms with Gasteiger partial charge in [0.15, 0.2) is 5.60 Å². The lowest BCUT2D eigenvalue weighted by atomic mass is 9.89. The maximum absolute atomic E-state index is 12.8. The van der Waals surface area contributed by atoms with Crippen molar-refractivity contribution in [3.63, 3.8) is 0 Å². The van der Waals surface area contributed by atoms with Crippen molar-refractivity contribution in [3.8, 4) is 0 Å². The largest absolute Gasteiger partial charge is 0.480 e. The predicted octanol–water partition coefficient (Wildman–Crippen LogP) is 1.50. The third-order valence-electron chi connectivity index (χ3n) is 3.42. The van der Waals surface area contributed by atoms with Crippen LogP contribution in [0.15, 0.2) is 0 Å². The number of piperidine rings is 1. The first-order valence-corrected chi connectivity index (χ1v) is 5.32. The van der Waals surface area contributed by atoms with Gasteiger partial charge in [0.05, 0.1) is 0 Å². The molecule has 0 bridgehead atoms. The highest BCUT2D eigenvalue weighted by Gasteiger charge is 2.56. The summed E-state index contributed by atoms with van der Waals surface area (Å²) in [6.45, 7) is 1.61. The van der Waals surface area contributed by atoms with Gasteiger partial charge in [0.25, 0.3) is 0 Å². The quantitative estimate of drug-likeness (QED) is 0.830. The second-order valence-electron chi connectivity index (χ2n) is 4.25. The highest BCUT2D eigenvalue weighted by Crippen LogP contribution is 2.41. The van der Waals surface area contributed by atoms with Gasteiger partial charge in [-0.05, 0) is 19.8 Å². The molecular weight excluding hydrogens is 239 g/mol. The fourth-order valence-corrected chi connectivity index (χ4v) is 2.03. The average molecular weight is 255 g/mol. The lowest BCUT2D eigenvalue weighted by Gasteiger charge is -2.42. The van der Waals surface area contributed by atoms with Gasteiger partial charge in [-0.15, -0.1) is 0 Å². The standard InChI is InChI=1S/C10H16F3NO3/c1-7(8(15)16)14-5-3-9(17-2,4-6-14)10(11,12)13/h7H,3-6H2,1-2H3,(H,15,16)/t7-/m1/s1. The molecule has 7 heteroatoms. The maximum Gasteiger partial charge on any atom is 0.417 e. The Labute approximate surface area is 97.3 Å². The molecule has 1 saturated heterocycles. The topological polar surface area (TPSA) is 49.8 Å². The zero-order valence-corrected chi connectivity index (χ0v) is 9.75. The van der Waals surface area contributed by atoms with Crippen molar-refractivity contribution in [2.45, 2.75) is 37.6 Å². The molecule has 1 heterocycles. The summed E-state index contributed by atoms with van der Waals surface area (Å²) < 4.78 is 43.1. The van der Waals surface area contributed by atoms with E-state index in [2.05, 4.69) is 4.74 Å². The molecule has 1 N–H and O–H groups in total. The van der Waals surface area contributed by atoms with Crippen LogP contribution in [0.5, 0.6) is 0 Å². The number of ether oxygens (including phenoxy) is 1. The number of alkyl halides is 3. The molecular formula is C10H16F3NO3. The van der Waals surface area contributed by atoms with Crippen LogP contribution in [-0.2, 0) is 9.53 Å². The van der Waals surface area contributed by atoms with E-state index in [0.29, 0.717) is 0 Å². The Morgan fingerprint density at radius 1 is 1.41 bits per heavy atom. The third kappa shape index (κ3) is 2.71. The molecule has 17 heavy (non-hydrogen) atoms. The summed E-state index contributed by atoms with van der Waals surface area (Å²) >= 11 is 0. The molecule has 4 nitrogen and oxygen atoms in total. The van der Waals surface area contributed by atoms with Crippen LogP contribution in [0.1, 0.15) is 19.8 Å². The first-order chi connectivity index (χ1) is 7.73. The van der Waals surface area contributed by atoms with Crippen LogP contribution >= 0.6 is 0 Å². The van der Waals surface area contributed by atoms with Gasteiger partial charge in [-0.25, -0.2) is 0 Å². The van der Waals surface area contributed by atoms with Crippen molar-refractivity contribution < 1.29 is 27.8 Å². The Kier molecular flexibility index (Phi) is 4.03. The number of hydrogen-bond acceptors (Lipinski definition) is 3. The van der Waals surface area contributed by atoms with Gasteiger partial charge in [0.2, 0.25) is 0 Å². The van der Waals surface area contributed by atoms with Crippen molar-refractivity contribution in [2.24, 2.45) is 0 Å². The minimum atomic E-state index is -4.42. The van der Waals surface area contributed by atoms with E-state index in [1.807, 2.05) is 0 Å². The van der Waals surface area contributed by atoms with Crippen LogP contribution in [0.25, 0.3) is 0 Å². The number of methoxy groups -OCH3 is 1. The molecule has 100 valence electrons. The van der Waals surface area contributed by atoms with E-state index in [9.17, 15) is 18.0 Å². The zero-order chi connectivity index (χ0) is 13.3. The average Bonchev–Trinajstić information content (AvgIpc) is 2.26. The summed E-state index contributed by atoms with van der Waals surface area (Å²) in [6, 6.07) is -0.766. The maximum atomic E-state index is 12.8. The third-order valence-corrected chi connectivity index (χ3v) is 3.42. The molecule has 0 aromatic heterocycles. The number of aliphatic carboxylic acids is 1. The molecule has 1 fully saturated rings. The monoisotopic (exact) mass is 255 g/mol. The lowest BCUT2D eigenvalue weighted by Crippen LogP contribution is -2.56. The van der Waals surface area contributed by atoms with Crippen molar-refractivity contribution in [1.82, 2.24) is 4.90 Å². The van der Waals surface area contributed by atoms with Gasteiger partial charge in [-0.1, -0.05) is 0 Å². The molecule has 0 spiro atoms. The zero-order valence-electron chi connectivity index (χ0n) is 9.75. The number of nitrogens with zero attached hydrogens (tertiary/aromatic N) is 1. The van der Waals surface area contributed by atoms with Crippen molar-refractivity contribution >= 4 is 5.97 Å². The van der Waals surface area contributed by atoms with Gasteiger partial charge >= 0.3 is 12.1 Å². The van der Waals surface area contributed by atoms with Crippen LogP contribution in [0, 0.1) is 0 Å². The Hall–Kier alpha value is -0.820. The molecule has 1 atom stereocenters. The van der Waals surface area contributed by atoms with Crippen LogP contribution in [0.4, 0.5) is 13.2 Å². The van der Waals surface area contributed by atoms with E-state index >= 15 is 0 Å². The van der Waals surface area contributed by atoms with Crippen molar-refractivity contribution in [2.75, 3.05) is 20.2 Å². The molecule has 0 saturated carbocycles. The second kappa shape index (κ2) is 4.81. The summed E-state index contributed by atoms with van der Waals surface area (Å²) in [5, 5.41) is 8.79. The molecule has 0 radical (unpaired) electrons. The number of likely N-dealkylation sites (tertiary alicyclic amines) is 1. The fraction of sp³-hybridized carbons (Fsp3) is 0.900. The van der Waals surface area contributed by atoms with E-state index in [1.54, 1.807) is 0 Å². The Morgan fingerprint density at radius 2 is 1.88 bits per heavy atom. The van der Waals surface area contributed by atoms with Crippen LogP contribution in [0.2, 0.25) is 0 Å². The summed E-state index contributed by atoms with van der Waals surface area (Å²) in [6.07, 6.45) is -4.88. The van der Waals surface area contributed by atoms with Gasteiger partial charge in [0.1, 0.15) is 6.04 Å². The summed E-state index contributed by atoms with van der Waals surface area (Å²) in [4.78, 5) is 12.3. The second-order valence-corrected chi connectivity index (χ2v) is 4.25. The lowest BCUT2D eigenvalue weighted by molar-refractivity contribution is -0.283. The summed E-state index contributed by atoms with van der Waals surface area (Å²) in [5.74, 6) is -1.03. The number of carboxylic acid groups (broad SMARTS) is 1. The molecule has 0 amide bonds. The minimum absolute atomic E-state index is 0.0703. The fourth-order valence-electron chi connectivity index (χ4n) is 2.03. The van der Waals surface area contributed by atoms with Gasteiger partial charge in [0, 0.05) is 20.2 Å². The molecule has 0 aliphatic carbocycles. The number of carboxylic acids is 1. The van der Waals surface area contributed by atoms with Crippen LogP contribution < -0.4 is 0 Å². The van der Waals surface area contributed by atoms with E-state index in [1.165, 1.54) is 11.8 Å². The van der Waals surface area contributed by atoms with Gasteiger partial charge in [-0.3, -0.25) is 9.69 Å². The summed E-state index contributed by atoms with van der Waals surface area (Å²) in [7, 11) is 1.05. The minimum Gasteiger partial charge on any atom is -0.480 e. The SMILES string of the molecule is COC1(C(F)(F)F)CCN([C@H](C)C(=O)O)CC1. The van der Waals surface area contributed by atoms with Crippen molar-refractivity contribution in [1.29, 1.82) is 0 Å². The van der Waals surface area contributed by atoms with Gasteiger partial charge < -0.3 is 9.84 Å². The van der Waals surface area contributed by atoms with Crippen LogP contribution in [0.3, 0.4) is 0 Å². The molecule has 1 rings (SSSR count). The van der Waals surface area contributed by atoms with Gasteiger partial charge in [-0.2, -0.15) is 13.2 Å². The van der Waals surface area contributed by atoms with E-state index in [0.717, 1.165) is 7.11 Å². The molecule has 0 aromatic carbocycles. The Balaban J connectivity index is 2.69. The number of halogens is 3. The first kappa shape index (κ1) is 14.2. The predicted molar refractivity (Wildman–Crippen MR) is 53.7 cm³/mol. The normalized spacial score (nSPS) is 23.4. The van der Waals surface area contributed by atoms with Crippen LogP contribution in [-0.4, -0.2) is 54.0 Å². The first-order valence-electron chi connectivity index (χ1n) is 5.32. The number of carbonyl (C=O) groups is 1. The smallest absolute Gasteiger partial charge is 0.417 e. The Bertz CT molecular complexity index is 285. The van der Waals surface area contributed by atoms with Crippen molar-refractivity contribution in [3.05, 3.63) is 0 Å². The van der Waals surface area contributed by atoms with E-state index in [-0.39, 0.29) is 25.9 Å². The van der Waals surface area contributed by atoms with E-state index in [4.69, 9.17) is 5.11 Å². The molecule has 1 aliphatic rings. The molecule has 0 aromatic rings. The highest BCUT2D eigenvalue weighted by atomic mass is 19.4. The highest BCUT2D eigenvalue weighted by molar-refractivity contribution is 5.72. The molecule has 0 unspecified atom stereocenters.